The number of rotatable bonds is 5. The summed E-state index contributed by atoms with van der Waals surface area (Å²) in [5.41, 5.74) is 3.02. The fourth-order valence-corrected chi connectivity index (χ4v) is 3.67. The molecular formula is C21H21ClN4O2S. The Bertz CT molecular complexity index is 1030. The van der Waals surface area contributed by atoms with E-state index in [4.69, 9.17) is 11.6 Å². The zero-order valence-electron chi connectivity index (χ0n) is 16.2. The molecule has 1 aromatic heterocycles. The Morgan fingerprint density at radius 1 is 1.00 bits per heavy atom. The van der Waals surface area contributed by atoms with Gasteiger partial charge in [0.2, 0.25) is 0 Å². The Kier molecular flexibility index (Phi) is 6.51. The maximum atomic E-state index is 12.6. The largest absolute Gasteiger partial charge is 0.325 e. The van der Waals surface area contributed by atoms with E-state index in [1.165, 1.54) is 5.56 Å². The third kappa shape index (κ3) is 5.56. The molecule has 3 rings (SSSR count). The Labute approximate surface area is 178 Å². The summed E-state index contributed by atoms with van der Waals surface area (Å²) in [6, 6.07) is 14.1. The van der Waals surface area contributed by atoms with Gasteiger partial charge < -0.3 is 10.6 Å². The highest BCUT2D eigenvalue weighted by Gasteiger charge is 2.17. The quantitative estimate of drug-likeness (QED) is 0.457. The summed E-state index contributed by atoms with van der Waals surface area (Å²) >= 11 is 7.03. The first-order valence-electron chi connectivity index (χ1n) is 9.04. The lowest BCUT2D eigenvalue weighted by molar-refractivity contribution is 0.103. The average Bonchev–Trinajstić information content (AvgIpc) is 3.02. The molecule has 0 aliphatic heterocycles. The third-order valence-electron chi connectivity index (χ3n) is 4.14. The van der Waals surface area contributed by atoms with Crippen molar-refractivity contribution in [2.75, 3.05) is 16.0 Å². The van der Waals surface area contributed by atoms with E-state index < -0.39 is 6.03 Å². The second kappa shape index (κ2) is 9.07. The summed E-state index contributed by atoms with van der Waals surface area (Å²) in [5, 5.41) is 9.04. The summed E-state index contributed by atoms with van der Waals surface area (Å²) in [6.07, 6.45) is 0. The van der Waals surface area contributed by atoms with E-state index in [-0.39, 0.29) is 5.91 Å². The maximum absolute atomic E-state index is 12.6. The van der Waals surface area contributed by atoms with Gasteiger partial charge in [0.15, 0.2) is 5.13 Å². The standard InChI is InChI=1S/C21H21ClN4O2S/c1-12(2)14-7-9-16(10-8-14)24-19(27)18-13(3)23-21(29-18)26-20(28)25-17-6-4-5-15(22)11-17/h4-12H,1-3H3,(H,24,27)(H2,23,25,26,28). The molecule has 3 N–H and O–H groups in total. The number of anilines is 3. The second-order valence-corrected chi connectivity index (χ2v) is 8.19. The van der Waals surface area contributed by atoms with Crippen molar-refractivity contribution in [2.24, 2.45) is 0 Å². The van der Waals surface area contributed by atoms with E-state index in [1.54, 1.807) is 31.2 Å². The number of nitrogens with one attached hydrogen (secondary N) is 3. The van der Waals surface area contributed by atoms with Gasteiger partial charge in [0.25, 0.3) is 5.91 Å². The number of hydrogen-bond acceptors (Lipinski definition) is 4. The minimum atomic E-state index is -0.461. The minimum absolute atomic E-state index is 0.263. The number of aryl methyl sites for hydroxylation is 1. The Hall–Kier alpha value is -2.90. The molecule has 0 bridgehead atoms. The lowest BCUT2D eigenvalue weighted by Crippen LogP contribution is -2.19. The number of urea groups is 1. The molecule has 0 radical (unpaired) electrons. The first-order valence-corrected chi connectivity index (χ1v) is 10.2. The lowest BCUT2D eigenvalue weighted by atomic mass is 10.0. The Morgan fingerprint density at radius 3 is 2.38 bits per heavy atom. The van der Waals surface area contributed by atoms with Crippen molar-refractivity contribution in [1.82, 2.24) is 4.98 Å². The summed E-state index contributed by atoms with van der Waals surface area (Å²) in [7, 11) is 0. The molecule has 0 atom stereocenters. The molecule has 8 heteroatoms. The van der Waals surface area contributed by atoms with E-state index in [9.17, 15) is 9.59 Å². The number of aromatic nitrogens is 1. The molecule has 0 aliphatic carbocycles. The van der Waals surface area contributed by atoms with Crippen molar-refractivity contribution >= 4 is 51.4 Å². The van der Waals surface area contributed by atoms with Crippen LogP contribution in [-0.4, -0.2) is 16.9 Å². The highest BCUT2D eigenvalue weighted by atomic mass is 35.5. The normalized spacial score (nSPS) is 10.7. The number of thiazole rings is 1. The molecule has 3 aromatic rings. The molecule has 0 fully saturated rings. The van der Waals surface area contributed by atoms with E-state index in [0.29, 0.717) is 38.0 Å². The third-order valence-corrected chi connectivity index (χ3v) is 5.45. The smallest absolute Gasteiger partial charge is 0.321 e. The van der Waals surface area contributed by atoms with Crippen molar-refractivity contribution in [2.45, 2.75) is 26.7 Å². The predicted octanol–water partition coefficient (Wildman–Crippen LogP) is 6.12. The molecule has 3 amide bonds. The molecule has 0 aliphatic rings. The highest BCUT2D eigenvalue weighted by Crippen LogP contribution is 2.25. The zero-order valence-corrected chi connectivity index (χ0v) is 17.8. The lowest BCUT2D eigenvalue weighted by Gasteiger charge is -2.08. The van der Waals surface area contributed by atoms with Crippen LogP contribution in [-0.2, 0) is 0 Å². The van der Waals surface area contributed by atoms with E-state index >= 15 is 0 Å². The molecule has 2 aromatic carbocycles. The molecule has 0 saturated carbocycles. The summed E-state index contributed by atoms with van der Waals surface area (Å²) < 4.78 is 0. The molecule has 29 heavy (non-hydrogen) atoms. The number of carbonyl (C=O) groups excluding carboxylic acids is 2. The summed E-state index contributed by atoms with van der Waals surface area (Å²) in [5.74, 6) is 0.163. The van der Waals surface area contributed by atoms with Gasteiger partial charge in [-0.25, -0.2) is 9.78 Å². The number of carbonyl (C=O) groups is 2. The van der Waals surface area contributed by atoms with Crippen LogP contribution in [0.3, 0.4) is 0 Å². The monoisotopic (exact) mass is 428 g/mol. The van der Waals surface area contributed by atoms with Crippen LogP contribution in [0, 0.1) is 6.92 Å². The van der Waals surface area contributed by atoms with Crippen LogP contribution < -0.4 is 16.0 Å². The second-order valence-electron chi connectivity index (χ2n) is 6.75. The van der Waals surface area contributed by atoms with Gasteiger partial charge in [-0.15, -0.1) is 0 Å². The van der Waals surface area contributed by atoms with Gasteiger partial charge >= 0.3 is 6.03 Å². The predicted molar refractivity (Wildman–Crippen MR) is 119 cm³/mol. The molecule has 0 spiro atoms. The molecular weight excluding hydrogens is 408 g/mol. The van der Waals surface area contributed by atoms with Gasteiger partial charge in [-0.1, -0.05) is 55.0 Å². The van der Waals surface area contributed by atoms with Gasteiger partial charge in [-0.05, 0) is 48.7 Å². The van der Waals surface area contributed by atoms with Gasteiger partial charge in [0, 0.05) is 16.4 Å². The van der Waals surface area contributed by atoms with E-state index in [0.717, 1.165) is 11.3 Å². The van der Waals surface area contributed by atoms with Crippen molar-refractivity contribution in [3.05, 3.63) is 69.7 Å². The maximum Gasteiger partial charge on any atom is 0.325 e. The van der Waals surface area contributed by atoms with Crippen LogP contribution in [0.1, 0.15) is 40.7 Å². The minimum Gasteiger partial charge on any atom is -0.321 e. The van der Waals surface area contributed by atoms with Gasteiger partial charge in [-0.3, -0.25) is 10.1 Å². The van der Waals surface area contributed by atoms with Crippen molar-refractivity contribution < 1.29 is 9.59 Å². The van der Waals surface area contributed by atoms with Crippen molar-refractivity contribution in [3.63, 3.8) is 0 Å². The Balaban J connectivity index is 1.64. The highest BCUT2D eigenvalue weighted by molar-refractivity contribution is 7.17. The van der Waals surface area contributed by atoms with Crippen molar-refractivity contribution in [1.29, 1.82) is 0 Å². The Morgan fingerprint density at radius 2 is 1.72 bits per heavy atom. The van der Waals surface area contributed by atoms with E-state index in [1.807, 2.05) is 24.3 Å². The van der Waals surface area contributed by atoms with Crippen LogP contribution in [0.15, 0.2) is 48.5 Å². The molecule has 6 nitrogen and oxygen atoms in total. The van der Waals surface area contributed by atoms with Gasteiger partial charge in [-0.2, -0.15) is 0 Å². The molecule has 150 valence electrons. The number of nitrogens with zero attached hydrogens (tertiary/aromatic N) is 1. The summed E-state index contributed by atoms with van der Waals surface area (Å²) in [4.78, 5) is 29.5. The van der Waals surface area contributed by atoms with Gasteiger partial charge in [0.05, 0.1) is 5.69 Å². The number of benzene rings is 2. The number of halogens is 1. The average molecular weight is 429 g/mol. The first kappa shape index (κ1) is 20.8. The first-order chi connectivity index (χ1) is 13.8. The number of amides is 3. The molecule has 0 saturated heterocycles. The van der Waals surface area contributed by atoms with Crippen LogP contribution in [0.2, 0.25) is 5.02 Å². The fraction of sp³-hybridized carbons (Fsp3) is 0.190. The number of hydrogen-bond donors (Lipinski definition) is 3. The van der Waals surface area contributed by atoms with E-state index in [2.05, 4.69) is 34.8 Å². The van der Waals surface area contributed by atoms with Crippen LogP contribution in [0.4, 0.5) is 21.3 Å². The topological polar surface area (TPSA) is 83.1 Å². The SMILES string of the molecule is Cc1nc(NC(=O)Nc2cccc(Cl)c2)sc1C(=O)Nc1ccc(C(C)C)cc1. The molecule has 0 unspecified atom stereocenters. The van der Waals surface area contributed by atoms with Crippen LogP contribution in [0.5, 0.6) is 0 Å². The van der Waals surface area contributed by atoms with Crippen LogP contribution in [0.25, 0.3) is 0 Å². The fourth-order valence-electron chi connectivity index (χ4n) is 2.63. The molecule has 1 heterocycles. The van der Waals surface area contributed by atoms with Crippen molar-refractivity contribution in [3.8, 4) is 0 Å². The summed E-state index contributed by atoms with van der Waals surface area (Å²) in [6.45, 7) is 5.96. The van der Waals surface area contributed by atoms with Crippen LogP contribution >= 0.6 is 22.9 Å². The van der Waals surface area contributed by atoms with Gasteiger partial charge in [0.1, 0.15) is 4.88 Å². The zero-order chi connectivity index (χ0) is 21.0.